The minimum atomic E-state index is -0.222. The van der Waals surface area contributed by atoms with Crippen LogP contribution in [0.5, 0.6) is 5.06 Å². The minimum absolute atomic E-state index is 0.0378. The van der Waals surface area contributed by atoms with Crippen molar-refractivity contribution in [3.8, 4) is 5.06 Å². The Morgan fingerprint density at radius 3 is 2.86 bits per heavy atom. The predicted octanol–water partition coefficient (Wildman–Crippen LogP) is 2.18. The summed E-state index contributed by atoms with van der Waals surface area (Å²) in [6.07, 6.45) is 1.42. The molecular formula is C19H18ClN5O3S. The molecule has 0 bridgehead atoms. The number of carbonyl (C=O) groups excluding carboxylic acids is 2. The van der Waals surface area contributed by atoms with Crippen LogP contribution >= 0.6 is 22.9 Å². The molecule has 3 heterocycles. The van der Waals surface area contributed by atoms with Crippen LogP contribution in [0.2, 0.25) is 4.34 Å². The number of nitrogens with zero attached hydrogens (tertiary/aromatic N) is 4. The maximum atomic E-state index is 12.5. The second-order valence-corrected chi connectivity index (χ2v) is 8.27. The molecule has 1 aliphatic heterocycles. The molecule has 0 saturated carbocycles. The number of hydrogen-bond donors (Lipinski definition) is 1. The second kappa shape index (κ2) is 8.22. The molecule has 8 nitrogen and oxygen atoms in total. The quantitative estimate of drug-likeness (QED) is 0.664. The average Bonchev–Trinajstić information content (AvgIpc) is 3.13. The standard InChI is InChI=1S/C19H18ClN5O3S/c20-15-3-4-18(29-15)28-10-17(27)25-6-5-24(16(26)9-25)8-12-1-2-13-14(7-12)22-11-23-19(13)21/h1-4,7,11H,5-6,8-10H2,(H2,21,22,23). The van der Waals surface area contributed by atoms with Crippen LogP contribution in [0.3, 0.4) is 0 Å². The zero-order chi connectivity index (χ0) is 20.4. The third-order valence-corrected chi connectivity index (χ3v) is 5.81. The Labute approximate surface area is 175 Å². The van der Waals surface area contributed by atoms with Gasteiger partial charge in [0.1, 0.15) is 12.1 Å². The molecule has 29 heavy (non-hydrogen) atoms. The Balaban J connectivity index is 1.34. The van der Waals surface area contributed by atoms with Gasteiger partial charge in [0, 0.05) is 25.0 Å². The summed E-state index contributed by atoms with van der Waals surface area (Å²) in [5.74, 6) is 0.100. The Kier molecular flexibility index (Phi) is 5.50. The average molecular weight is 432 g/mol. The van der Waals surface area contributed by atoms with Crippen molar-refractivity contribution in [3.63, 3.8) is 0 Å². The first-order valence-corrected chi connectivity index (χ1v) is 10.1. The lowest BCUT2D eigenvalue weighted by Crippen LogP contribution is -2.52. The summed E-state index contributed by atoms with van der Waals surface area (Å²) >= 11 is 7.11. The highest BCUT2D eigenvalue weighted by Crippen LogP contribution is 2.28. The van der Waals surface area contributed by atoms with Gasteiger partial charge in [-0.05, 0) is 29.8 Å². The molecule has 1 aliphatic rings. The van der Waals surface area contributed by atoms with E-state index in [0.29, 0.717) is 34.9 Å². The highest BCUT2D eigenvalue weighted by molar-refractivity contribution is 7.17. The van der Waals surface area contributed by atoms with E-state index < -0.39 is 0 Å². The van der Waals surface area contributed by atoms with Gasteiger partial charge in [0.15, 0.2) is 11.7 Å². The number of halogens is 1. The molecule has 150 valence electrons. The number of carbonyl (C=O) groups is 2. The molecule has 2 N–H and O–H groups in total. The Hall–Kier alpha value is -2.91. The molecule has 4 rings (SSSR count). The normalized spacial score (nSPS) is 14.4. The number of anilines is 1. The zero-order valence-corrected chi connectivity index (χ0v) is 16.9. The first-order valence-electron chi connectivity index (χ1n) is 8.92. The first kappa shape index (κ1) is 19.4. The Morgan fingerprint density at radius 2 is 2.10 bits per heavy atom. The number of aromatic nitrogens is 2. The molecule has 1 fully saturated rings. The number of hydrogen-bond acceptors (Lipinski definition) is 7. The van der Waals surface area contributed by atoms with E-state index in [9.17, 15) is 9.59 Å². The van der Waals surface area contributed by atoms with Crippen LogP contribution in [-0.2, 0) is 16.1 Å². The fourth-order valence-corrected chi connectivity index (χ4v) is 4.00. The third kappa shape index (κ3) is 4.41. The predicted molar refractivity (Wildman–Crippen MR) is 111 cm³/mol. The lowest BCUT2D eigenvalue weighted by molar-refractivity contribution is -0.146. The SMILES string of the molecule is Nc1ncnc2cc(CN3CCN(C(=O)COc4ccc(Cl)s4)CC3=O)ccc12. The van der Waals surface area contributed by atoms with Gasteiger partial charge in [0.2, 0.25) is 5.91 Å². The van der Waals surface area contributed by atoms with E-state index in [2.05, 4.69) is 9.97 Å². The summed E-state index contributed by atoms with van der Waals surface area (Å²) in [5, 5.41) is 1.36. The Morgan fingerprint density at radius 1 is 1.24 bits per heavy atom. The van der Waals surface area contributed by atoms with E-state index in [4.69, 9.17) is 22.1 Å². The van der Waals surface area contributed by atoms with Crippen molar-refractivity contribution in [2.45, 2.75) is 6.54 Å². The molecule has 2 amide bonds. The molecule has 2 aromatic heterocycles. The number of nitrogens with two attached hydrogens (primary N) is 1. The van der Waals surface area contributed by atoms with Crippen molar-refractivity contribution in [2.75, 3.05) is 32.0 Å². The fraction of sp³-hybridized carbons (Fsp3) is 0.263. The van der Waals surface area contributed by atoms with Crippen LogP contribution in [0.1, 0.15) is 5.56 Å². The monoisotopic (exact) mass is 431 g/mol. The number of amides is 2. The lowest BCUT2D eigenvalue weighted by Gasteiger charge is -2.34. The van der Waals surface area contributed by atoms with E-state index in [1.54, 1.807) is 17.0 Å². The van der Waals surface area contributed by atoms with Crippen molar-refractivity contribution in [1.29, 1.82) is 0 Å². The first-order chi connectivity index (χ1) is 14.0. The number of rotatable bonds is 5. The number of fused-ring (bicyclic) bond motifs is 1. The molecule has 3 aromatic rings. The van der Waals surface area contributed by atoms with Crippen molar-refractivity contribution in [1.82, 2.24) is 19.8 Å². The van der Waals surface area contributed by atoms with Gasteiger partial charge in [-0.3, -0.25) is 9.59 Å². The van der Waals surface area contributed by atoms with E-state index in [1.165, 1.54) is 22.6 Å². The number of benzene rings is 1. The zero-order valence-electron chi connectivity index (χ0n) is 15.4. The maximum Gasteiger partial charge on any atom is 0.261 e. The van der Waals surface area contributed by atoms with Crippen molar-refractivity contribution >= 4 is 51.5 Å². The highest BCUT2D eigenvalue weighted by atomic mass is 35.5. The molecule has 0 aliphatic carbocycles. The summed E-state index contributed by atoms with van der Waals surface area (Å²) in [6, 6.07) is 9.09. The summed E-state index contributed by atoms with van der Waals surface area (Å²) in [6.45, 7) is 1.29. The maximum absolute atomic E-state index is 12.5. The molecule has 0 spiro atoms. The van der Waals surface area contributed by atoms with E-state index in [-0.39, 0.29) is 25.0 Å². The van der Waals surface area contributed by atoms with Crippen LogP contribution in [0.25, 0.3) is 10.9 Å². The number of ether oxygens (including phenoxy) is 1. The molecule has 1 saturated heterocycles. The largest absolute Gasteiger partial charge is 0.474 e. The molecule has 0 atom stereocenters. The molecule has 10 heteroatoms. The molecule has 0 unspecified atom stereocenters. The van der Waals surface area contributed by atoms with Crippen molar-refractivity contribution < 1.29 is 14.3 Å². The van der Waals surface area contributed by atoms with Gasteiger partial charge in [-0.25, -0.2) is 9.97 Å². The molecular weight excluding hydrogens is 414 g/mol. The summed E-state index contributed by atoms with van der Waals surface area (Å²) in [7, 11) is 0. The van der Waals surface area contributed by atoms with Gasteiger partial charge in [-0.15, -0.1) is 0 Å². The van der Waals surface area contributed by atoms with Gasteiger partial charge < -0.3 is 20.3 Å². The van der Waals surface area contributed by atoms with Gasteiger partial charge >= 0.3 is 0 Å². The summed E-state index contributed by atoms with van der Waals surface area (Å²) in [4.78, 5) is 36.3. The number of piperazine rings is 1. The number of thiophene rings is 1. The lowest BCUT2D eigenvalue weighted by atomic mass is 10.1. The van der Waals surface area contributed by atoms with Crippen LogP contribution in [0, 0.1) is 0 Å². The fourth-order valence-electron chi connectivity index (χ4n) is 3.13. The molecule has 0 radical (unpaired) electrons. The molecule has 1 aromatic carbocycles. The second-order valence-electron chi connectivity index (χ2n) is 6.59. The van der Waals surface area contributed by atoms with Gasteiger partial charge in [0.25, 0.3) is 5.91 Å². The van der Waals surface area contributed by atoms with Crippen molar-refractivity contribution in [3.05, 3.63) is 46.6 Å². The van der Waals surface area contributed by atoms with Crippen molar-refractivity contribution in [2.24, 2.45) is 0 Å². The van der Waals surface area contributed by atoms with E-state index in [0.717, 1.165) is 16.5 Å². The minimum Gasteiger partial charge on any atom is -0.474 e. The third-order valence-electron chi connectivity index (χ3n) is 4.66. The van der Waals surface area contributed by atoms with E-state index in [1.807, 2.05) is 18.2 Å². The van der Waals surface area contributed by atoms with Gasteiger partial charge in [0.05, 0.1) is 16.4 Å². The summed E-state index contributed by atoms with van der Waals surface area (Å²) < 4.78 is 6.04. The van der Waals surface area contributed by atoms with Gasteiger partial charge in [-0.2, -0.15) is 0 Å². The topological polar surface area (TPSA) is 102 Å². The van der Waals surface area contributed by atoms with E-state index >= 15 is 0 Å². The smallest absolute Gasteiger partial charge is 0.261 e. The highest BCUT2D eigenvalue weighted by Gasteiger charge is 2.27. The number of nitrogen functional groups attached to an aromatic ring is 1. The summed E-state index contributed by atoms with van der Waals surface area (Å²) in [5.41, 5.74) is 7.53. The van der Waals surface area contributed by atoms with Crippen LogP contribution in [0.4, 0.5) is 5.82 Å². The van der Waals surface area contributed by atoms with Crippen LogP contribution < -0.4 is 10.5 Å². The Bertz CT molecular complexity index is 1070. The van der Waals surface area contributed by atoms with Crippen LogP contribution in [-0.4, -0.2) is 57.8 Å². The van der Waals surface area contributed by atoms with Gasteiger partial charge in [-0.1, -0.05) is 29.0 Å². The van der Waals surface area contributed by atoms with Crippen LogP contribution in [0.15, 0.2) is 36.7 Å².